The Labute approximate surface area is 197 Å². The maximum Gasteiger partial charge on any atom is 0.169 e. The number of ketones is 1. The molecule has 5 heterocycles. The van der Waals surface area contributed by atoms with Crippen LogP contribution in [0.3, 0.4) is 0 Å². The number of aromatic nitrogens is 5. The second-order valence-corrected chi connectivity index (χ2v) is 7.21. The van der Waals surface area contributed by atoms with Crippen molar-refractivity contribution in [3.63, 3.8) is 0 Å². The molecule has 8 nitrogen and oxygen atoms in total. The van der Waals surface area contributed by atoms with Crippen molar-refractivity contribution >= 4 is 22.5 Å². The quantitative estimate of drug-likeness (QED) is 0.445. The number of morpholine rings is 1. The summed E-state index contributed by atoms with van der Waals surface area (Å²) in [5.74, 6) is -0.0655. The highest BCUT2D eigenvalue weighted by molar-refractivity contribution is 5.98. The molecule has 5 rings (SSSR count). The van der Waals surface area contributed by atoms with Crippen molar-refractivity contribution in [3.8, 4) is 11.3 Å². The molecule has 1 aliphatic heterocycles. The van der Waals surface area contributed by atoms with Crippen molar-refractivity contribution in [2.24, 2.45) is 7.05 Å². The molecule has 0 aliphatic carbocycles. The third kappa shape index (κ3) is 3.97. The van der Waals surface area contributed by atoms with Gasteiger partial charge in [0.15, 0.2) is 5.78 Å². The summed E-state index contributed by atoms with van der Waals surface area (Å²) in [6.07, 6.45) is 6.02. The average molecular weight is 437 g/mol. The molecule has 0 radical (unpaired) electrons. The standard InChI is InChI=1S/C24H24N6O2/c1-16-26-15-22(29(16)2)19-9-18-10-20(27-14-21(18)28-13-19)12-23(31)17-3-4-25-24(11-17)30-5-7-32-8-6-30/h3-4,9-11,13-15H,5-8,12H2,1-2H3/i5D2,6D2,7D2,8D2. The van der Waals surface area contributed by atoms with Gasteiger partial charge in [-0.15, -0.1) is 0 Å². The van der Waals surface area contributed by atoms with E-state index in [9.17, 15) is 4.79 Å². The van der Waals surface area contributed by atoms with Crippen molar-refractivity contribution in [3.05, 3.63) is 66.1 Å². The molecule has 1 aliphatic rings. The predicted octanol–water partition coefficient (Wildman–Crippen LogP) is 3.00. The first-order valence-electron chi connectivity index (χ1n) is 13.8. The van der Waals surface area contributed by atoms with E-state index in [-0.39, 0.29) is 16.9 Å². The zero-order chi connectivity index (χ0) is 29.3. The van der Waals surface area contributed by atoms with Crippen molar-refractivity contribution in [1.29, 1.82) is 0 Å². The lowest BCUT2D eigenvalue weighted by atomic mass is 10.1. The first kappa shape index (κ1) is 13.0. The summed E-state index contributed by atoms with van der Waals surface area (Å²) in [5.41, 5.74) is 2.81. The fraction of sp³-hybridized carbons (Fsp3) is 0.292. The molecule has 162 valence electrons. The number of rotatable bonds is 5. The number of Topliss-reactive ketones (excluding diaryl/α,β-unsaturated/α-hetero) is 1. The van der Waals surface area contributed by atoms with Gasteiger partial charge in [0.1, 0.15) is 11.6 Å². The van der Waals surface area contributed by atoms with Crippen LogP contribution in [0.4, 0.5) is 5.82 Å². The molecule has 1 fully saturated rings. The number of hydrogen-bond acceptors (Lipinski definition) is 7. The zero-order valence-corrected chi connectivity index (χ0v) is 17.3. The number of anilines is 1. The van der Waals surface area contributed by atoms with E-state index < -0.39 is 37.7 Å². The van der Waals surface area contributed by atoms with Crippen LogP contribution < -0.4 is 4.90 Å². The van der Waals surface area contributed by atoms with Gasteiger partial charge in [0.2, 0.25) is 0 Å². The maximum atomic E-state index is 13.2. The number of aryl methyl sites for hydroxylation is 1. The number of hydrogen-bond donors (Lipinski definition) is 0. The summed E-state index contributed by atoms with van der Waals surface area (Å²) in [4.78, 5) is 30.5. The van der Waals surface area contributed by atoms with Crippen molar-refractivity contribution < 1.29 is 20.5 Å². The van der Waals surface area contributed by atoms with Crippen molar-refractivity contribution in [2.75, 3.05) is 31.0 Å². The lowest BCUT2D eigenvalue weighted by molar-refractivity contribution is 0.0992. The molecule has 8 heteroatoms. The largest absolute Gasteiger partial charge is 0.378 e. The molecular weight excluding hydrogens is 404 g/mol. The van der Waals surface area contributed by atoms with Crippen molar-refractivity contribution in [2.45, 2.75) is 13.3 Å². The predicted molar refractivity (Wildman–Crippen MR) is 122 cm³/mol. The summed E-state index contributed by atoms with van der Waals surface area (Å²) in [5, 5.41) is 0.753. The number of nitrogens with zero attached hydrogens (tertiary/aromatic N) is 6. The molecule has 1 saturated heterocycles. The Morgan fingerprint density at radius 1 is 1.09 bits per heavy atom. The van der Waals surface area contributed by atoms with Crippen LogP contribution in [0.5, 0.6) is 0 Å². The van der Waals surface area contributed by atoms with E-state index in [1.165, 1.54) is 6.07 Å². The van der Waals surface area contributed by atoms with Crippen LogP contribution >= 0.6 is 0 Å². The highest BCUT2D eigenvalue weighted by Crippen LogP contribution is 2.24. The number of pyridine rings is 3. The third-order valence-corrected chi connectivity index (χ3v) is 5.20. The topological polar surface area (TPSA) is 86.0 Å². The molecule has 0 aromatic carbocycles. The highest BCUT2D eigenvalue weighted by atomic mass is 16.5. The molecule has 0 bridgehead atoms. The molecule has 4 aromatic heterocycles. The van der Waals surface area contributed by atoms with Gasteiger partial charge >= 0.3 is 0 Å². The molecule has 4 aromatic rings. The van der Waals surface area contributed by atoms with Gasteiger partial charge in [0.25, 0.3) is 0 Å². The Bertz CT molecular complexity index is 1610. The Morgan fingerprint density at radius 3 is 2.72 bits per heavy atom. The average Bonchev–Trinajstić information content (AvgIpc) is 3.20. The molecule has 0 saturated carbocycles. The maximum absolute atomic E-state index is 13.2. The van der Waals surface area contributed by atoms with Crippen LogP contribution in [0.25, 0.3) is 22.2 Å². The highest BCUT2D eigenvalue weighted by Gasteiger charge is 2.16. The van der Waals surface area contributed by atoms with Crippen LogP contribution in [-0.2, 0) is 18.2 Å². The summed E-state index contributed by atoms with van der Waals surface area (Å²) in [6, 6.07) is 6.11. The van der Waals surface area contributed by atoms with Crippen LogP contribution in [0.1, 0.15) is 32.8 Å². The van der Waals surface area contributed by atoms with E-state index in [1.54, 1.807) is 24.7 Å². The van der Waals surface area contributed by atoms with E-state index in [0.29, 0.717) is 11.2 Å². The van der Waals surface area contributed by atoms with Gasteiger partial charge in [-0.25, -0.2) is 9.97 Å². The minimum absolute atomic E-state index is 0.0309. The number of fused-ring (bicyclic) bond motifs is 1. The third-order valence-electron chi connectivity index (χ3n) is 5.20. The van der Waals surface area contributed by atoms with Gasteiger partial charge in [0.05, 0.1) is 54.1 Å². The molecule has 0 N–H and O–H groups in total. The van der Waals surface area contributed by atoms with Gasteiger partial charge in [-0.1, -0.05) is 0 Å². The number of carbonyl (C=O) groups excluding carboxylic acids is 1. The monoisotopic (exact) mass is 436 g/mol. The van der Waals surface area contributed by atoms with Crippen LogP contribution in [0.2, 0.25) is 0 Å². The first-order chi connectivity index (χ1) is 18.5. The normalized spacial score (nSPS) is 24.1. The summed E-state index contributed by atoms with van der Waals surface area (Å²) < 4.78 is 70.9. The van der Waals surface area contributed by atoms with Gasteiger partial charge < -0.3 is 14.2 Å². The number of ether oxygens (including phenoxy) is 1. The second kappa shape index (κ2) is 8.47. The van der Waals surface area contributed by atoms with Gasteiger partial charge in [-0.05, 0) is 31.2 Å². The SMILES string of the molecule is [2H]C1([2H])OC([2H])([2H])C([2H])([2H])N(c2cc(C(=O)Cc3cc4cc(-c5cnc(C)n5C)cnc4cn3)ccn2)C1([2H])[2H]. The lowest BCUT2D eigenvalue weighted by Gasteiger charge is -2.27. The van der Waals surface area contributed by atoms with E-state index in [4.69, 9.17) is 11.0 Å². The Kier molecular flexibility index (Phi) is 3.45. The van der Waals surface area contributed by atoms with Crippen LogP contribution in [-0.4, -0.2) is 56.4 Å². The molecule has 32 heavy (non-hydrogen) atoms. The Hall–Kier alpha value is -3.65. The Balaban J connectivity index is 1.46. The minimum Gasteiger partial charge on any atom is -0.378 e. The molecule has 0 unspecified atom stereocenters. The lowest BCUT2D eigenvalue weighted by Crippen LogP contribution is -2.36. The van der Waals surface area contributed by atoms with Crippen molar-refractivity contribution in [1.82, 2.24) is 24.5 Å². The minimum atomic E-state index is -3.24. The fourth-order valence-corrected chi connectivity index (χ4v) is 3.37. The molecule has 0 atom stereocenters. The van der Waals surface area contributed by atoms with Crippen LogP contribution in [0.15, 0.2) is 49.1 Å². The van der Waals surface area contributed by atoms with Gasteiger partial charge in [-0.3, -0.25) is 14.8 Å². The molecule has 0 spiro atoms. The smallest absolute Gasteiger partial charge is 0.169 e. The molecular formula is C24H24N6O2. The number of imidazole rings is 1. The molecule has 0 amide bonds. The van der Waals surface area contributed by atoms with Gasteiger partial charge in [0, 0.05) is 54.6 Å². The summed E-state index contributed by atoms with van der Waals surface area (Å²) in [6.45, 7) is -10.9. The van der Waals surface area contributed by atoms with Crippen LogP contribution in [0, 0.1) is 6.92 Å². The Morgan fingerprint density at radius 2 is 1.94 bits per heavy atom. The van der Waals surface area contributed by atoms with E-state index in [2.05, 4.69) is 24.7 Å². The van der Waals surface area contributed by atoms with E-state index in [0.717, 1.165) is 34.7 Å². The van der Waals surface area contributed by atoms with Gasteiger partial charge in [-0.2, -0.15) is 0 Å². The second-order valence-electron chi connectivity index (χ2n) is 7.21. The van der Waals surface area contributed by atoms with E-state index in [1.807, 2.05) is 24.6 Å². The first-order valence-corrected chi connectivity index (χ1v) is 9.78. The summed E-state index contributed by atoms with van der Waals surface area (Å²) >= 11 is 0. The van der Waals surface area contributed by atoms with E-state index >= 15 is 0 Å². The fourth-order valence-electron chi connectivity index (χ4n) is 3.37. The number of carbonyl (C=O) groups is 1. The summed E-state index contributed by atoms with van der Waals surface area (Å²) in [7, 11) is 1.90. The zero-order valence-electron chi connectivity index (χ0n) is 25.3.